The second-order valence-electron chi connectivity index (χ2n) is 4.98. The van der Waals surface area contributed by atoms with E-state index in [0.717, 1.165) is 18.7 Å². The molecular formula is C14H27N3. The zero-order valence-electron chi connectivity index (χ0n) is 11.4. The van der Waals surface area contributed by atoms with Crippen molar-refractivity contribution in [3.05, 3.63) is 18.2 Å². The molecular weight excluding hydrogens is 210 g/mol. The van der Waals surface area contributed by atoms with Crippen molar-refractivity contribution >= 4 is 0 Å². The van der Waals surface area contributed by atoms with Gasteiger partial charge in [-0.3, -0.25) is 0 Å². The molecule has 1 rings (SSSR count). The van der Waals surface area contributed by atoms with E-state index in [1.165, 1.54) is 38.5 Å². The Morgan fingerprint density at radius 1 is 1.24 bits per heavy atom. The van der Waals surface area contributed by atoms with Gasteiger partial charge in [-0.15, -0.1) is 0 Å². The Bertz CT molecular complexity index is 293. The van der Waals surface area contributed by atoms with E-state index in [4.69, 9.17) is 5.73 Å². The predicted octanol–water partition coefficient (Wildman–Crippen LogP) is 3.04. The lowest BCUT2D eigenvalue weighted by Gasteiger charge is -2.11. The van der Waals surface area contributed by atoms with Crippen LogP contribution in [0, 0.1) is 0 Å². The molecule has 0 aliphatic rings. The van der Waals surface area contributed by atoms with Crippen LogP contribution in [0.1, 0.15) is 57.7 Å². The minimum atomic E-state index is 0.266. The highest BCUT2D eigenvalue weighted by atomic mass is 15.0. The topological polar surface area (TPSA) is 43.8 Å². The summed E-state index contributed by atoms with van der Waals surface area (Å²) in [6, 6.07) is 0.266. The number of nitrogens with two attached hydrogens (primary N) is 1. The summed E-state index contributed by atoms with van der Waals surface area (Å²) in [5, 5.41) is 0. The second-order valence-corrected chi connectivity index (χ2v) is 4.98. The number of hydrogen-bond donors (Lipinski definition) is 1. The molecule has 0 bridgehead atoms. The Labute approximate surface area is 105 Å². The van der Waals surface area contributed by atoms with Crippen molar-refractivity contribution in [3.8, 4) is 0 Å². The quantitative estimate of drug-likeness (QED) is 0.671. The first kappa shape index (κ1) is 14.2. The van der Waals surface area contributed by atoms with E-state index >= 15 is 0 Å². The fourth-order valence-electron chi connectivity index (χ4n) is 2.12. The fraction of sp³-hybridized carbons (Fsp3) is 0.786. The molecule has 0 spiro atoms. The minimum absolute atomic E-state index is 0.266. The van der Waals surface area contributed by atoms with Crippen LogP contribution in [0.3, 0.4) is 0 Å². The van der Waals surface area contributed by atoms with Crippen molar-refractivity contribution in [2.45, 2.75) is 64.3 Å². The van der Waals surface area contributed by atoms with Crippen LogP contribution < -0.4 is 5.73 Å². The predicted molar refractivity (Wildman–Crippen MR) is 72.9 cm³/mol. The highest BCUT2D eigenvalue weighted by molar-refractivity contribution is 4.93. The van der Waals surface area contributed by atoms with Gasteiger partial charge in [0.25, 0.3) is 0 Å². The number of imidazole rings is 1. The van der Waals surface area contributed by atoms with Crippen LogP contribution in [0.15, 0.2) is 12.4 Å². The molecule has 1 unspecified atom stereocenters. The largest absolute Gasteiger partial charge is 0.338 e. The van der Waals surface area contributed by atoms with Crippen molar-refractivity contribution < 1.29 is 0 Å². The van der Waals surface area contributed by atoms with Crippen molar-refractivity contribution in [1.29, 1.82) is 0 Å². The number of aryl methyl sites for hydroxylation is 1. The highest BCUT2D eigenvalue weighted by Crippen LogP contribution is 2.09. The number of aromatic nitrogens is 2. The first-order valence-electron chi connectivity index (χ1n) is 6.95. The van der Waals surface area contributed by atoms with Gasteiger partial charge in [0.2, 0.25) is 0 Å². The summed E-state index contributed by atoms with van der Waals surface area (Å²) >= 11 is 0. The first-order valence-corrected chi connectivity index (χ1v) is 6.95. The Balaban J connectivity index is 2.05. The summed E-state index contributed by atoms with van der Waals surface area (Å²) < 4.78 is 2.06. The van der Waals surface area contributed by atoms with Gasteiger partial charge in [0.1, 0.15) is 5.82 Å². The van der Waals surface area contributed by atoms with Gasteiger partial charge in [0.15, 0.2) is 0 Å². The average molecular weight is 237 g/mol. The molecule has 98 valence electrons. The standard InChI is InChI=1S/C14H27N3/c1-3-4-5-6-7-8-9-13(15)12-14-16-10-11-17(14)2/h10-11,13H,3-9,12,15H2,1-2H3. The average Bonchev–Trinajstić information content (AvgIpc) is 2.69. The van der Waals surface area contributed by atoms with Gasteiger partial charge >= 0.3 is 0 Å². The summed E-state index contributed by atoms with van der Waals surface area (Å²) in [7, 11) is 2.03. The molecule has 0 saturated carbocycles. The van der Waals surface area contributed by atoms with Gasteiger partial charge in [0, 0.05) is 31.9 Å². The van der Waals surface area contributed by atoms with Crippen LogP contribution >= 0.6 is 0 Å². The van der Waals surface area contributed by atoms with Crippen molar-refractivity contribution in [2.24, 2.45) is 12.8 Å². The third-order valence-corrected chi connectivity index (χ3v) is 3.29. The zero-order chi connectivity index (χ0) is 12.5. The molecule has 1 heterocycles. The maximum Gasteiger partial charge on any atom is 0.109 e. The SMILES string of the molecule is CCCCCCCCC(N)Cc1nccn1C. The molecule has 0 amide bonds. The van der Waals surface area contributed by atoms with E-state index in [-0.39, 0.29) is 6.04 Å². The fourth-order valence-corrected chi connectivity index (χ4v) is 2.12. The second kappa shape index (κ2) is 8.29. The zero-order valence-corrected chi connectivity index (χ0v) is 11.4. The molecule has 3 heteroatoms. The molecule has 2 N–H and O–H groups in total. The molecule has 1 aromatic heterocycles. The van der Waals surface area contributed by atoms with Gasteiger partial charge in [-0.2, -0.15) is 0 Å². The molecule has 0 aliphatic heterocycles. The van der Waals surface area contributed by atoms with Crippen LogP contribution in [0.25, 0.3) is 0 Å². The van der Waals surface area contributed by atoms with Gasteiger partial charge in [-0.1, -0.05) is 45.4 Å². The van der Waals surface area contributed by atoms with Crippen molar-refractivity contribution in [2.75, 3.05) is 0 Å². The smallest absolute Gasteiger partial charge is 0.109 e. The summed E-state index contributed by atoms with van der Waals surface area (Å²) in [4.78, 5) is 4.31. The molecule has 0 aliphatic carbocycles. The number of rotatable bonds is 9. The molecule has 0 radical (unpaired) electrons. The van der Waals surface area contributed by atoms with E-state index < -0.39 is 0 Å². The molecule has 17 heavy (non-hydrogen) atoms. The van der Waals surface area contributed by atoms with Gasteiger partial charge < -0.3 is 10.3 Å². The lowest BCUT2D eigenvalue weighted by Crippen LogP contribution is -2.24. The van der Waals surface area contributed by atoms with Crippen molar-refractivity contribution in [1.82, 2.24) is 9.55 Å². The van der Waals surface area contributed by atoms with Gasteiger partial charge in [-0.25, -0.2) is 4.98 Å². The summed E-state index contributed by atoms with van der Waals surface area (Å²) in [6.45, 7) is 2.25. The number of nitrogens with zero attached hydrogens (tertiary/aromatic N) is 2. The van der Waals surface area contributed by atoms with Crippen LogP contribution in [-0.2, 0) is 13.5 Å². The lowest BCUT2D eigenvalue weighted by molar-refractivity contribution is 0.521. The molecule has 1 aromatic rings. The van der Waals surface area contributed by atoms with Crippen molar-refractivity contribution in [3.63, 3.8) is 0 Å². The Morgan fingerprint density at radius 3 is 2.59 bits per heavy atom. The van der Waals surface area contributed by atoms with E-state index in [0.29, 0.717) is 0 Å². The van der Waals surface area contributed by atoms with Crippen LogP contribution in [-0.4, -0.2) is 15.6 Å². The van der Waals surface area contributed by atoms with E-state index in [1.54, 1.807) is 0 Å². The Kier molecular flexibility index (Phi) is 6.94. The Hall–Kier alpha value is -0.830. The summed E-state index contributed by atoms with van der Waals surface area (Å²) in [5.41, 5.74) is 6.12. The molecule has 0 aromatic carbocycles. The number of hydrogen-bond acceptors (Lipinski definition) is 2. The van der Waals surface area contributed by atoms with E-state index in [2.05, 4.69) is 16.5 Å². The first-order chi connectivity index (χ1) is 8.24. The third kappa shape index (κ3) is 5.87. The van der Waals surface area contributed by atoms with E-state index in [1.807, 2.05) is 19.4 Å². The minimum Gasteiger partial charge on any atom is -0.338 e. The normalized spacial score (nSPS) is 12.9. The Morgan fingerprint density at radius 2 is 1.94 bits per heavy atom. The third-order valence-electron chi connectivity index (χ3n) is 3.29. The maximum absolute atomic E-state index is 6.12. The molecule has 1 atom stereocenters. The molecule has 3 nitrogen and oxygen atoms in total. The molecule has 0 saturated heterocycles. The van der Waals surface area contributed by atoms with Gasteiger partial charge in [-0.05, 0) is 6.42 Å². The summed E-state index contributed by atoms with van der Waals surface area (Å²) in [6.07, 6.45) is 13.9. The highest BCUT2D eigenvalue weighted by Gasteiger charge is 2.07. The maximum atomic E-state index is 6.12. The van der Waals surface area contributed by atoms with E-state index in [9.17, 15) is 0 Å². The van der Waals surface area contributed by atoms with Crippen LogP contribution in [0.5, 0.6) is 0 Å². The molecule has 0 fully saturated rings. The van der Waals surface area contributed by atoms with Crippen LogP contribution in [0.2, 0.25) is 0 Å². The monoisotopic (exact) mass is 237 g/mol. The number of unbranched alkanes of at least 4 members (excludes halogenated alkanes) is 5. The van der Waals surface area contributed by atoms with Gasteiger partial charge in [0.05, 0.1) is 0 Å². The van der Waals surface area contributed by atoms with Crippen LogP contribution in [0.4, 0.5) is 0 Å². The summed E-state index contributed by atoms with van der Waals surface area (Å²) in [5.74, 6) is 1.10. The lowest BCUT2D eigenvalue weighted by atomic mass is 10.0.